The maximum Gasteiger partial charge on any atom is 0.339 e. The molecule has 2 heterocycles. The standard InChI is InChI=1S/C15H19NO4/c17-15(18)12-5-3-6-13-14(12)20-9-7-16(13)10-11-4-1-2-8-19-11/h3,5-6,11H,1-2,4,7-10H2,(H,17,18). The summed E-state index contributed by atoms with van der Waals surface area (Å²) in [6.45, 7) is 2.93. The maximum atomic E-state index is 11.2. The number of carboxylic acids is 1. The predicted molar refractivity (Wildman–Crippen MR) is 74.7 cm³/mol. The van der Waals surface area contributed by atoms with Crippen molar-refractivity contribution in [3.63, 3.8) is 0 Å². The Morgan fingerprint density at radius 2 is 2.25 bits per heavy atom. The molecular formula is C15H19NO4. The van der Waals surface area contributed by atoms with E-state index in [1.807, 2.05) is 6.07 Å². The van der Waals surface area contributed by atoms with Crippen molar-refractivity contribution in [1.82, 2.24) is 0 Å². The quantitative estimate of drug-likeness (QED) is 0.917. The van der Waals surface area contributed by atoms with E-state index in [4.69, 9.17) is 9.47 Å². The number of benzene rings is 1. The maximum absolute atomic E-state index is 11.2. The first-order valence-corrected chi connectivity index (χ1v) is 7.11. The third-order valence-electron chi connectivity index (χ3n) is 3.87. The summed E-state index contributed by atoms with van der Waals surface area (Å²) in [7, 11) is 0. The third kappa shape index (κ3) is 2.58. The van der Waals surface area contributed by atoms with E-state index < -0.39 is 5.97 Å². The van der Waals surface area contributed by atoms with Crippen LogP contribution in [0, 0.1) is 0 Å². The molecule has 0 radical (unpaired) electrons. The Balaban J connectivity index is 1.82. The summed E-state index contributed by atoms with van der Waals surface area (Å²) in [6.07, 6.45) is 3.66. The van der Waals surface area contributed by atoms with Crippen LogP contribution < -0.4 is 9.64 Å². The topological polar surface area (TPSA) is 59.0 Å². The fourth-order valence-electron chi connectivity index (χ4n) is 2.86. The highest BCUT2D eigenvalue weighted by Crippen LogP contribution is 2.35. The number of carboxylic acid groups (broad SMARTS) is 1. The average molecular weight is 277 g/mol. The molecule has 1 aromatic carbocycles. The van der Waals surface area contributed by atoms with Crippen molar-refractivity contribution in [1.29, 1.82) is 0 Å². The molecule has 1 aromatic rings. The van der Waals surface area contributed by atoms with Crippen molar-refractivity contribution in [2.24, 2.45) is 0 Å². The lowest BCUT2D eigenvalue weighted by atomic mass is 10.1. The molecule has 1 saturated heterocycles. The Hall–Kier alpha value is -1.75. The van der Waals surface area contributed by atoms with E-state index in [2.05, 4.69) is 4.90 Å². The van der Waals surface area contributed by atoms with Crippen molar-refractivity contribution >= 4 is 11.7 Å². The number of para-hydroxylation sites is 1. The molecule has 0 aliphatic carbocycles. The highest BCUT2D eigenvalue weighted by atomic mass is 16.5. The summed E-state index contributed by atoms with van der Waals surface area (Å²) in [5.41, 5.74) is 1.10. The Morgan fingerprint density at radius 1 is 1.35 bits per heavy atom. The fourth-order valence-corrected chi connectivity index (χ4v) is 2.86. The van der Waals surface area contributed by atoms with Crippen LogP contribution in [-0.4, -0.2) is 43.5 Å². The molecule has 0 saturated carbocycles. The van der Waals surface area contributed by atoms with Gasteiger partial charge in [0.15, 0.2) is 5.75 Å². The zero-order chi connectivity index (χ0) is 13.9. The van der Waals surface area contributed by atoms with Crippen molar-refractivity contribution in [2.45, 2.75) is 25.4 Å². The van der Waals surface area contributed by atoms with Gasteiger partial charge in [0.05, 0.1) is 18.3 Å². The van der Waals surface area contributed by atoms with Crippen LogP contribution in [0.3, 0.4) is 0 Å². The summed E-state index contributed by atoms with van der Waals surface area (Å²) in [5, 5.41) is 9.23. The molecule has 0 spiro atoms. The van der Waals surface area contributed by atoms with Gasteiger partial charge in [-0.05, 0) is 31.4 Å². The molecule has 20 heavy (non-hydrogen) atoms. The van der Waals surface area contributed by atoms with E-state index in [1.54, 1.807) is 12.1 Å². The molecule has 5 heteroatoms. The highest BCUT2D eigenvalue weighted by Gasteiger charge is 2.26. The summed E-state index contributed by atoms with van der Waals surface area (Å²) in [4.78, 5) is 13.4. The van der Waals surface area contributed by atoms with Crippen LogP contribution in [0.15, 0.2) is 18.2 Å². The van der Waals surface area contributed by atoms with Gasteiger partial charge in [0, 0.05) is 13.2 Å². The van der Waals surface area contributed by atoms with Crippen LogP contribution >= 0.6 is 0 Å². The third-order valence-corrected chi connectivity index (χ3v) is 3.87. The zero-order valence-corrected chi connectivity index (χ0v) is 11.4. The van der Waals surface area contributed by atoms with E-state index in [1.165, 1.54) is 6.42 Å². The van der Waals surface area contributed by atoms with E-state index >= 15 is 0 Å². The molecule has 2 aliphatic rings. The van der Waals surface area contributed by atoms with E-state index in [9.17, 15) is 9.90 Å². The molecule has 1 unspecified atom stereocenters. The van der Waals surface area contributed by atoms with Crippen molar-refractivity contribution in [2.75, 3.05) is 31.2 Å². The van der Waals surface area contributed by atoms with Gasteiger partial charge in [0.2, 0.25) is 0 Å². The SMILES string of the molecule is O=C(O)c1cccc2c1OCCN2CC1CCCCO1. The van der Waals surface area contributed by atoms with E-state index in [0.717, 1.165) is 38.2 Å². The number of hydrogen-bond donors (Lipinski definition) is 1. The van der Waals surface area contributed by atoms with E-state index in [-0.39, 0.29) is 11.7 Å². The second-order valence-corrected chi connectivity index (χ2v) is 5.24. The number of anilines is 1. The van der Waals surface area contributed by atoms with Crippen LogP contribution in [0.5, 0.6) is 5.75 Å². The van der Waals surface area contributed by atoms with Crippen LogP contribution in [0.4, 0.5) is 5.69 Å². The highest BCUT2D eigenvalue weighted by molar-refractivity contribution is 5.93. The van der Waals surface area contributed by atoms with Gasteiger partial charge in [-0.25, -0.2) is 4.79 Å². The molecule has 0 aromatic heterocycles. The monoisotopic (exact) mass is 277 g/mol. The molecule has 0 amide bonds. The normalized spacial score (nSPS) is 22.0. The molecule has 2 aliphatic heterocycles. The van der Waals surface area contributed by atoms with Crippen molar-refractivity contribution in [3.05, 3.63) is 23.8 Å². The molecule has 0 bridgehead atoms. The van der Waals surface area contributed by atoms with Gasteiger partial charge in [-0.15, -0.1) is 0 Å². The number of ether oxygens (including phenoxy) is 2. The van der Waals surface area contributed by atoms with Gasteiger partial charge in [-0.3, -0.25) is 0 Å². The summed E-state index contributed by atoms with van der Waals surface area (Å²) >= 11 is 0. The minimum absolute atomic E-state index is 0.233. The van der Waals surface area contributed by atoms with Crippen LogP contribution in [0.1, 0.15) is 29.6 Å². The first-order chi connectivity index (χ1) is 9.75. The summed E-state index contributed by atoms with van der Waals surface area (Å²) in [5.74, 6) is -0.459. The Morgan fingerprint density at radius 3 is 3.00 bits per heavy atom. The second kappa shape index (κ2) is 5.71. The fraction of sp³-hybridized carbons (Fsp3) is 0.533. The van der Waals surface area contributed by atoms with Crippen molar-refractivity contribution < 1.29 is 19.4 Å². The predicted octanol–water partition coefficient (Wildman–Crippen LogP) is 2.15. The molecule has 1 fully saturated rings. The number of fused-ring (bicyclic) bond motifs is 1. The lowest BCUT2D eigenvalue weighted by Crippen LogP contribution is -2.40. The first-order valence-electron chi connectivity index (χ1n) is 7.11. The molecular weight excluding hydrogens is 258 g/mol. The molecule has 3 rings (SSSR count). The van der Waals surface area contributed by atoms with E-state index in [0.29, 0.717) is 12.4 Å². The smallest absolute Gasteiger partial charge is 0.339 e. The number of aromatic carboxylic acids is 1. The minimum Gasteiger partial charge on any atom is -0.489 e. The number of nitrogens with zero attached hydrogens (tertiary/aromatic N) is 1. The van der Waals surface area contributed by atoms with Gasteiger partial charge in [-0.2, -0.15) is 0 Å². The number of hydrogen-bond acceptors (Lipinski definition) is 4. The Bertz CT molecular complexity index is 497. The van der Waals surface area contributed by atoms with Gasteiger partial charge in [0.25, 0.3) is 0 Å². The lowest BCUT2D eigenvalue weighted by Gasteiger charge is -2.35. The molecule has 108 valence electrons. The Labute approximate surface area is 118 Å². The average Bonchev–Trinajstić information content (AvgIpc) is 2.48. The lowest BCUT2D eigenvalue weighted by molar-refractivity contribution is 0.0203. The van der Waals surface area contributed by atoms with Gasteiger partial charge < -0.3 is 19.5 Å². The molecule has 1 atom stereocenters. The summed E-state index contributed by atoms with van der Waals surface area (Å²) < 4.78 is 11.3. The van der Waals surface area contributed by atoms with Gasteiger partial charge >= 0.3 is 5.97 Å². The first kappa shape index (κ1) is 13.2. The van der Waals surface area contributed by atoms with Gasteiger partial charge in [-0.1, -0.05) is 6.07 Å². The molecule has 1 N–H and O–H groups in total. The van der Waals surface area contributed by atoms with Crippen LogP contribution in [-0.2, 0) is 4.74 Å². The summed E-state index contributed by atoms with van der Waals surface area (Å²) in [6, 6.07) is 5.28. The van der Waals surface area contributed by atoms with Crippen LogP contribution in [0.2, 0.25) is 0 Å². The van der Waals surface area contributed by atoms with Crippen molar-refractivity contribution in [3.8, 4) is 5.75 Å². The molecule has 5 nitrogen and oxygen atoms in total. The second-order valence-electron chi connectivity index (χ2n) is 5.24. The minimum atomic E-state index is -0.947. The zero-order valence-electron chi connectivity index (χ0n) is 11.4. The number of rotatable bonds is 3. The largest absolute Gasteiger partial charge is 0.489 e. The Kier molecular flexibility index (Phi) is 3.78. The van der Waals surface area contributed by atoms with Gasteiger partial charge in [0.1, 0.15) is 12.2 Å². The van der Waals surface area contributed by atoms with Crippen LogP contribution in [0.25, 0.3) is 0 Å². The number of carbonyl (C=O) groups is 1.